The van der Waals surface area contributed by atoms with Gasteiger partial charge in [-0.2, -0.15) is 4.98 Å². The van der Waals surface area contributed by atoms with E-state index >= 15 is 0 Å². The number of rotatable bonds is 5. The first-order valence-corrected chi connectivity index (χ1v) is 6.99. The van der Waals surface area contributed by atoms with Crippen LogP contribution in [0.2, 0.25) is 0 Å². The quantitative estimate of drug-likeness (QED) is 0.610. The number of hydrogen-bond acceptors (Lipinski definition) is 6. The molecule has 3 N–H and O–H groups in total. The molecule has 0 aromatic carbocycles. The number of nitrogens with one attached hydrogen (secondary N) is 1. The highest BCUT2D eigenvalue weighted by atomic mass is 15.3. The minimum absolute atomic E-state index is 0.487. The molecule has 6 heteroatoms. The fraction of sp³-hybridized carbons (Fsp3) is 0.692. The third-order valence-corrected chi connectivity index (χ3v) is 3.79. The third-order valence-electron chi connectivity index (χ3n) is 3.79. The van der Waals surface area contributed by atoms with Crippen LogP contribution in [0.3, 0.4) is 0 Å². The Kier molecular flexibility index (Phi) is 4.55. The fourth-order valence-electron chi connectivity index (χ4n) is 2.77. The molecule has 1 saturated heterocycles. The van der Waals surface area contributed by atoms with Crippen molar-refractivity contribution in [2.45, 2.75) is 33.2 Å². The highest BCUT2D eigenvalue weighted by molar-refractivity contribution is 5.45. The molecule has 0 bridgehead atoms. The second-order valence-corrected chi connectivity index (χ2v) is 4.95. The summed E-state index contributed by atoms with van der Waals surface area (Å²) in [6.45, 7) is 10.7. The molecule has 1 aliphatic rings. The molecule has 1 aromatic heterocycles. The summed E-state index contributed by atoms with van der Waals surface area (Å²) in [7, 11) is 0. The molecule has 19 heavy (non-hydrogen) atoms. The lowest BCUT2D eigenvalue weighted by Gasteiger charge is -2.26. The lowest BCUT2D eigenvalue weighted by atomic mass is 10.2. The number of hydrogen-bond donors (Lipinski definition) is 2. The molecule has 6 nitrogen and oxygen atoms in total. The Hall–Kier alpha value is -1.40. The van der Waals surface area contributed by atoms with Crippen LogP contribution in [0.15, 0.2) is 6.07 Å². The van der Waals surface area contributed by atoms with Crippen molar-refractivity contribution >= 4 is 11.8 Å². The van der Waals surface area contributed by atoms with Gasteiger partial charge in [0.2, 0.25) is 5.95 Å². The molecule has 106 valence electrons. The number of nitrogen functional groups attached to an aromatic ring is 1. The van der Waals surface area contributed by atoms with Crippen LogP contribution in [-0.2, 0) is 0 Å². The SMILES string of the molecule is CCN(CC)C1CCN(c2cc(C)nc(NN)n2)C1. The maximum atomic E-state index is 5.40. The molecule has 1 aliphatic heterocycles. The third kappa shape index (κ3) is 3.13. The van der Waals surface area contributed by atoms with Crippen LogP contribution in [0.25, 0.3) is 0 Å². The molecule has 1 aromatic rings. The van der Waals surface area contributed by atoms with Gasteiger partial charge in [-0.05, 0) is 26.4 Å². The van der Waals surface area contributed by atoms with Gasteiger partial charge in [-0.1, -0.05) is 13.8 Å². The van der Waals surface area contributed by atoms with Crippen molar-refractivity contribution in [1.29, 1.82) is 0 Å². The predicted octanol–water partition coefficient (Wildman–Crippen LogP) is 0.991. The van der Waals surface area contributed by atoms with Crippen LogP contribution < -0.4 is 16.2 Å². The van der Waals surface area contributed by atoms with Crippen LogP contribution in [-0.4, -0.2) is 47.1 Å². The van der Waals surface area contributed by atoms with E-state index in [-0.39, 0.29) is 0 Å². The highest BCUT2D eigenvalue weighted by Gasteiger charge is 2.27. The highest BCUT2D eigenvalue weighted by Crippen LogP contribution is 2.22. The Bertz CT molecular complexity index is 418. The standard InChI is InChI=1S/C13H24N6/c1-4-18(5-2)11-6-7-19(9-11)12-8-10(3)15-13(16-12)17-14/h8,11H,4-7,9,14H2,1-3H3,(H,15,16,17). The molecule has 1 atom stereocenters. The summed E-state index contributed by atoms with van der Waals surface area (Å²) in [5.41, 5.74) is 3.46. The zero-order chi connectivity index (χ0) is 13.8. The Morgan fingerprint density at radius 3 is 2.79 bits per heavy atom. The average molecular weight is 264 g/mol. The van der Waals surface area contributed by atoms with Gasteiger partial charge in [-0.25, -0.2) is 10.8 Å². The summed E-state index contributed by atoms with van der Waals surface area (Å²) >= 11 is 0. The van der Waals surface area contributed by atoms with Gasteiger partial charge in [0.1, 0.15) is 5.82 Å². The van der Waals surface area contributed by atoms with E-state index in [1.165, 1.54) is 6.42 Å². The van der Waals surface area contributed by atoms with E-state index in [4.69, 9.17) is 5.84 Å². The zero-order valence-corrected chi connectivity index (χ0v) is 12.1. The van der Waals surface area contributed by atoms with Crippen molar-refractivity contribution in [3.8, 4) is 0 Å². The molecule has 0 saturated carbocycles. The van der Waals surface area contributed by atoms with Gasteiger partial charge < -0.3 is 4.90 Å². The van der Waals surface area contributed by atoms with Crippen molar-refractivity contribution in [2.75, 3.05) is 36.5 Å². The second kappa shape index (κ2) is 6.16. The van der Waals surface area contributed by atoms with E-state index in [2.05, 4.69) is 39.0 Å². The number of aromatic nitrogens is 2. The molecule has 0 aliphatic carbocycles. The van der Waals surface area contributed by atoms with Crippen LogP contribution in [0.5, 0.6) is 0 Å². The van der Waals surface area contributed by atoms with Gasteiger partial charge in [0.15, 0.2) is 0 Å². The fourth-order valence-corrected chi connectivity index (χ4v) is 2.77. The Morgan fingerprint density at radius 2 is 2.16 bits per heavy atom. The molecule has 2 heterocycles. The number of anilines is 2. The number of aryl methyl sites for hydroxylation is 1. The summed E-state index contributed by atoms with van der Waals surface area (Å²) in [5, 5.41) is 0. The van der Waals surface area contributed by atoms with E-state index in [0.717, 1.165) is 37.7 Å². The first kappa shape index (κ1) is 14.0. The van der Waals surface area contributed by atoms with Crippen molar-refractivity contribution < 1.29 is 0 Å². The normalized spacial score (nSPS) is 19.2. The summed E-state index contributed by atoms with van der Waals surface area (Å²) in [6, 6.07) is 2.64. The lowest BCUT2D eigenvalue weighted by Crippen LogP contribution is -2.37. The number of hydrazine groups is 1. The maximum absolute atomic E-state index is 5.40. The zero-order valence-electron chi connectivity index (χ0n) is 12.1. The largest absolute Gasteiger partial charge is 0.355 e. The van der Waals surface area contributed by atoms with Gasteiger partial charge >= 0.3 is 0 Å². The van der Waals surface area contributed by atoms with Gasteiger partial charge in [0.25, 0.3) is 0 Å². The van der Waals surface area contributed by atoms with Gasteiger partial charge in [0, 0.05) is 30.9 Å². The van der Waals surface area contributed by atoms with Crippen molar-refractivity contribution in [1.82, 2.24) is 14.9 Å². The van der Waals surface area contributed by atoms with Crippen molar-refractivity contribution in [3.05, 3.63) is 11.8 Å². The molecule has 0 amide bonds. The van der Waals surface area contributed by atoms with E-state index in [0.29, 0.717) is 12.0 Å². The maximum Gasteiger partial charge on any atom is 0.239 e. The lowest BCUT2D eigenvalue weighted by molar-refractivity contribution is 0.232. The van der Waals surface area contributed by atoms with Crippen LogP contribution in [0.1, 0.15) is 26.0 Å². The minimum atomic E-state index is 0.487. The van der Waals surface area contributed by atoms with Crippen molar-refractivity contribution in [2.24, 2.45) is 5.84 Å². The molecule has 0 radical (unpaired) electrons. The molecule has 1 fully saturated rings. The number of nitrogens with zero attached hydrogens (tertiary/aromatic N) is 4. The summed E-state index contributed by atoms with van der Waals surface area (Å²) < 4.78 is 0. The molecule has 0 spiro atoms. The Labute approximate surface area is 115 Å². The molecular weight excluding hydrogens is 240 g/mol. The van der Waals surface area contributed by atoms with E-state index in [1.54, 1.807) is 0 Å². The van der Waals surface area contributed by atoms with Crippen LogP contribution in [0.4, 0.5) is 11.8 Å². The average Bonchev–Trinajstić information content (AvgIpc) is 2.89. The first-order valence-electron chi connectivity index (χ1n) is 6.99. The number of nitrogens with two attached hydrogens (primary N) is 1. The number of likely N-dealkylation sites (N-methyl/N-ethyl adjacent to an activating group) is 1. The molecule has 1 unspecified atom stereocenters. The minimum Gasteiger partial charge on any atom is -0.355 e. The monoisotopic (exact) mass is 264 g/mol. The summed E-state index contributed by atoms with van der Waals surface area (Å²) in [4.78, 5) is 13.5. The molecular formula is C13H24N6. The van der Waals surface area contributed by atoms with E-state index in [9.17, 15) is 0 Å². The van der Waals surface area contributed by atoms with Gasteiger partial charge in [-0.3, -0.25) is 10.3 Å². The topological polar surface area (TPSA) is 70.3 Å². The van der Waals surface area contributed by atoms with E-state index in [1.807, 2.05) is 13.0 Å². The van der Waals surface area contributed by atoms with Gasteiger partial charge in [-0.15, -0.1) is 0 Å². The van der Waals surface area contributed by atoms with Crippen molar-refractivity contribution in [3.63, 3.8) is 0 Å². The van der Waals surface area contributed by atoms with Crippen LogP contribution in [0, 0.1) is 6.92 Å². The Balaban J connectivity index is 2.10. The first-order chi connectivity index (χ1) is 9.17. The van der Waals surface area contributed by atoms with Crippen LogP contribution >= 0.6 is 0 Å². The molecule has 2 rings (SSSR count). The van der Waals surface area contributed by atoms with Gasteiger partial charge in [0.05, 0.1) is 0 Å². The smallest absolute Gasteiger partial charge is 0.239 e. The Morgan fingerprint density at radius 1 is 1.42 bits per heavy atom. The second-order valence-electron chi connectivity index (χ2n) is 4.95. The predicted molar refractivity (Wildman–Crippen MR) is 78.1 cm³/mol. The van der Waals surface area contributed by atoms with E-state index < -0.39 is 0 Å². The summed E-state index contributed by atoms with van der Waals surface area (Å²) in [5.74, 6) is 6.86. The summed E-state index contributed by atoms with van der Waals surface area (Å²) in [6.07, 6.45) is 1.19.